The second kappa shape index (κ2) is 7.44. The fourth-order valence-electron chi connectivity index (χ4n) is 3.87. The molecule has 156 valence electrons. The van der Waals surface area contributed by atoms with Crippen molar-refractivity contribution >= 4 is 17.7 Å². The number of amides is 3. The van der Waals surface area contributed by atoms with Gasteiger partial charge in [-0.15, -0.1) is 0 Å². The normalized spacial score (nSPS) is 20.8. The van der Waals surface area contributed by atoms with Crippen molar-refractivity contribution in [2.24, 2.45) is 0 Å². The number of piperidine rings is 1. The van der Waals surface area contributed by atoms with E-state index in [1.165, 1.54) is 18.1 Å². The third kappa shape index (κ3) is 3.18. The summed E-state index contributed by atoms with van der Waals surface area (Å²) in [7, 11) is 1.39. The van der Waals surface area contributed by atoms with Crippen molar-refractivity contribution < 1.29 is 28.2 Å². The number of hydrogen-bond acceptors (Lipinski definition) is 5. The van der Waals surface area contributed by atoms with E-state index in [1.54, 1.807) is 37.3 Å². The number of benzene rings is 2. The zero-order chi connectivity index (χ0) is 21.5. The first-order chi connectivity index (χ1) is 14.3. The number of ether oxygens (including phenoxy) is 2. The molecule has 2 aromatic rings. The van der Waals surface area contributed by atoms with Crippen molar-refractivity contribution in [2.75, 3.05) is 7.11 Å². The zero-order valence-electron chi connectivity index (χ0n) is 16.7. The molecule has 1 fully saturated rings. The minimum atomic E-state index is -1.12. The molecule has 2 aliphatic heterocycles. The molecule has 30 heavy (non-hydrogen) atoms. The van der Waals surface area contributed by atoms with Crippen molar-refractivity contribution in [2.45, 2.75) is 38.5 Å². The van der Waals surface area contributed by atoms with Gasteiger partial charge in [-0.2, -0.15) is 0 Å². The highest BCUT2D eigenvalue weighted by molar-refractivity contribution is 6.07. The van der Waals surface area contributed by atoms with Crippen molar-refractivity contribution in [1.82, 2.24) is 10.2 Å². The molecule has 2 heterocycles. The predicted octanol–water partition coefficient (Wildman–Crippen LogP) is 2.56. The highest BCUT2D eigenvalue weighted by Gasteiger charge is 2.49. The van der Waals surface area contributed by atoms with Crippen LogP contribution in [-0.2, 0) is 22.7 Å². The van der Waals surface area contributed by atoms with Gasteiger partial charge in [-0.3, -0.25) is 19.7 Å². The third-order valence-corrected chi connectivity index (χ3v) is 5.75. The van der Waals surface area contributed by atoms with Crippen molar-refractivity contribution in [3.8, 4) is 11.5 Å². The van der Waals surface area contributed by atoms with Crippen molar-refractivity contribution in [3.05, 3.63) is 58.9 Å². The fourth-order valence-corrected chi connectivity index (χ4v) is 3.87. The highest BCUT2D eigenvalue weighted by Crippen LogP contribution is 2.38. The molecule has 0 unspecified atom stereocenters. The van der Waals surface area contributed by atoms with Gasteiger partial charge in [0.25, 0.3) is 11.8 Å². The van der Waals surface area contributed by atoms with Crippen LogP contribution >= 0.6 is 0 Å². The number of methoxy groups -OCH3 is 1. The van der Waals surface area contributed by atoms with Gasteiger partial charge in [0.1, 0.15) is 17.9 Å². The summed E-state index contributed by atoms with van der Waals surface area (Å²) < 4.78 is 25.2. The van der Waals surface area contributed by atoms with E-state index in [4.69, 9.17) is 9.47 Å². The molecule has 0 aliphatic carbocycles. The molecule has 2 aliphatic rings. The van der Waals surface area contributed by atoms with E-state index in [-0.39, 0.29) is 43.6 Å². The third-order valence-electron chi connectivity index (χ3n) is 5.75. The summed E-state index contributed by atoms with van der Waals surface area (Å²) in [5.41, 5.74) is 0.270. The zero-order valence-corrected chi connectivity index (χ0v) is 16.7. The Balaban J connectivity index is 1.58. The van der Waals surface area contributed by atoms with Crippen LogP contribution in [0, 0.1) is 5.82 Å². The molecule has 0 aromatic heterocycles. The van der Waals surface area contributed by atoms with Crippen LogP contribution in [0.4, 0.5) is 4.39 Å². The Morgan fingerprint density at radius 3 is 2.60 bits per heavy atom. The van der Waals surface area contributed by atoms with Crippen molar-refractivity contribution in [1.29, 1.82) is 0 Å². The van der Waals surface area contributed by atoms with Gasteiger partial charge in [-0.05, 0) is 31.5 Å². The number of nitrogens with zero attached hydrogens (tertiary/aromatic N) is 1. The highest BCUT2D eigenvalue weighted by atomic mass is 19.1. The summed E-state index contributed by atoms with van der Waals surface area (Å²) in [6, 6.07) is 9.86. The van der Waals surface area contributed by atoms with E-state index in [0.717, 1.165) is 0 Å². The van der Waals surface area contributed by atoms with E-state index in [2.05, 4.69) is 5.32 Å². The standard InChI is InChI=1S/C22H21FN2O5/c1-22(10-9-18(26)24-21(22)28)25-11-15-14(20(25)27)6-4-7-16(15)30-12-13-5-3-8-17(29-2)19(13)23/h3-8H,9-12H2,1-2H3,(H,24,26,28)/t22-/m1/s1. The molecule has 4 rings (SSSR count). The van der Waals surface area contributed by atoms with Gasteiger partial charge in [0.05, 0.1) is 13.7 Å². The first-order valence-electron chi connectivity index (χ1n) is 9.57. The van der Waals surface area contributed by atoms with Gasteiger partial charge < -0.3 is 14.4 Å². The van der Waals surface area contributed by atoms with E-state index in [1.807, 2.05) is 0 Å². The van der Waals surface area contributed by atoms with Crippen LogP contribution in [0.1, 0.15) is 41.3 Å². The Bertz CT molecular complexity index is 1050. The summed E-state index contributed by atoms with van der Waals surface area (Å²) in [5, 5.41) is 2.32. The minimum Gasteiger partial charge on any atom is -0.494 e. The Hall–Kier alpha value is -3.42. The van der Waals surface area contributed by atoms with Gasteiger partial charge in [-0.1, -0.05) is 18.2 Å². The molecule has 8 heteroatoms. The number of rotatable bonds is 5. The number of imide groups is 1. The topological polar surface area (TPSA) is 84.9 Å². The van der Waals surface area contributed by atoms with Crippen LogP contribution in [0.25, 0.3) is 0 Å². The monoisotopic (exact) mass is 412 g/mol. The summed E-state index contributed by atoms with van der Waals surface area (Å²) in [5.74, 6) is -1.05. The van der Waals surface area contributed by atoms with Gasteiger partial charge in [0.2, 0.25) is 5.91 Å². The maximum Gasteiger partial charge on any atom is 0.255 e. The lowest BCUT2D eigenvalue weighted by atomic mass is 9.89. The number of hydrogen-bond donors (Lipinski definition) is 1. The van der Waals surface area contributed by atoms with Crippen LogP contribution in [0.15, 0.2) is 36.4 Å². The molecule has 3 amide bonds. The summed E-state index contributed by atoms with van der Waals surface area (Å²) in [6.07, 6.45) is 0.420. The van der Waals surface area contributed by atoms with Gasteiger partial charge in [0.15, 0.2) is 11.6 Å². The quantitative estimate of drug-likeness (QED) is 0.763. The largest absolute Gasteiger partial charge is 0.494 e. The van der Waals surface area contributed by atoms with Gasteiger partial charge in [-0.25, -0.2) is 4.39 Å². The second-order valence-corrected chi connectivity index (χ2v) is 7.55. The predicted molar refractivity (Wildman–Crippen MR) is 104 cm³/mol. The average Bonchev–Trinajstić information content (AvgIpc) is 3.08. The number of nitrogens with one attached hydrogen (secondary N) is 1. The van der Waals surface area contributed by atoms with Crippen LogP contribution in [0.5, 0.6) is 11.5 Å². The molecule has 1 saturated heterocycles. The molecule has 0 bridgehead atoms. The van der Waals surface area contributed by atoms with Crippen LogP contribution in [0.3, 0.4) is 0 Å². The van der Waals surface area contributed by atoms with E-state index >= 15 is 0 Å². The Kier molecular flexibility index (Phi) is 4.93. The average molecular weight is 412 g/mol. The minimum absolute atomic E-state index is 0.0417. The number of carbonyl (C=O) groups excluding carboxylic acids is 3. The lowest BCUT2D eigenvalue weighted by Gasteiger charge is -2.39. The summed E-state index contributed by atoms with van der Waals surface area (Å²) in [4.78, 5) is 38.5. The SMILES string of the molecule is COc1cccc(COc2cccc3c2CN([C@]2(C)CCC(=O)NC2=O)C3=O)c1F. The second-order valence-electron chi connectivity index (χ2n) is 7.55. The molecule has 0 radical (unpaired) electrons. The Morgan fingerprint density at radius 1 is 1.13 bits per heavy atom. The molecular formula is C22H21FN2O5. The van der Waals surface area contributed by atoms with Crippen LogP contribution in [-0.4, -0.2) is 35.3 Å². The van der Waals surface area contributed by atoms with Gasteiger partial charge >= 0.3 is 0 Å². The molecule has 0 saturated carbocycles. The number of carbonyl (C=O) groups is 3. The molecule has 0 spiro atoms. The lowest BCUT2D eigenvalue weighted by Crippen LogP contribution is -2.61. The Morgan fingerprint density at radius 2 is 1.87 bits per heavy atom. The first kappa shape index (κ1) is 19.9. The number of halogens is 1. The maximum absolute atomic E-state index is 14.4. The molecular weight excluding hydrogens is 391 g/mol. The summed E-state index contributed by atoms with van der Waals surface area (Å²) in [6.45, 7) is 1.79. The Labute approximate surface area is 172 Å². The molecule has 1 N–H and O–H groups in total. The van der Waals surface area contributed by atoms with E-state index in [0.29, 0.717) is 22.4 Å². The lowest BCUT2D eigenvalue weighted by molar-refractivity contribution is -0.142. The molecule has 2 aromatic carbocycles. The number of fused-ring (bicyclic) bond motifs is 1. The molecule has 1 atom stereocenters. The fraction of sp³-hybridized carbons (Fsp3) is 0.318. The van der Waals surface area contributed by atoms with Gasteiger partial charge in [0, 0.05) is 23.1 Å². The van der Waals surface area contributed by atoms with Crippen LogP contribution < -0.4 is 14.8 Å². The maximum atomic E-state index is 14.4. The van der Waals surface area contributed by atoms with E-state index < -0.39 is 17.3 Å². The van der Waals surface area contributed by atoms with Crippen molar-refractivity contribution in [3.63, 3.8) is 0 Å². The molecule has 7 nitrogen and oxygen atoms in total. The summed E-state index contributed by atoms with van der Waals surface area (Å²) >= 11 is 0. The van der Waals surface area contributed by atoms with E-state index in [9.17, 15) is 18.8 Å². The smallest absolute Gasteiger partial charge is 0.255 e. The van der Waals surface area contributed by atoms with Crippen LogP contribution in [0.2, 0.25) is 0 Å². The first-order valence-corrected chi connectivity index (χ1v) is 9.57.